The second-order valence-corrected chi connectivity index (χ2v) is 4.78. The van der Waals surface area contributed by atoms with E-state index < -0.39 is 11.5 Å². The van der Waals surface area contributed by atoms with E-state index in [0.717, 1.165) is 6.42 Å². The summed E-state index contributed by atoms with van der Waals surface area (Å²) in [5.74, 6) is -0.852. The molecule has 0 radical (unpaired) electrons. The van der Waals surface area contributed by atoms with Crippen LogP contribution in [0.4, 0.5) is 0 Å². The molecular formula is C13H17ClN2O3. The largest absolute Gasteiger partial charge is 0.467 e. The lowest BCUT2D eigenvalue weighted by atomic mass is 9.95. The zero-order valence-corrected chi connectivity index (χ0v) is 12.0. The number of esters is 1. The highest BCUT2D eigenvalue weighted by Crippen LogP contribution is 2.16. The average molecular weight is 285 g/mol. The molecule has 0 aromatic carbocycles. The second-order valence-electron chi connectivity index (χ2n) is 4.40. The fraction of sp³-hybridized carbons (Fsp3) is 0.462. The van der Waals surface area contributed by atoms with Crippen molar-refractivity contribution in [2.45, 2.75) is 32.2 Å². The quantitative estimate of drug-likeness (QED) is 0.665. The third-order valence-corrected chi connectivity index (χ3v) is 2.99. The lowest BCUT2D eigenvalue weighted by molar-refractivity contribution is -0.147. The van der Waals surface area contributed by atoms with Gasteiger partial charge in [-0.3, -0.25) is 4.79 Å². The normalized spacial score (nSPS) is 13.5. The predicted molar refractivity (Wildman–Crippen MR) is 72.0 cm³/mol. The van der Waals surface area contributed by atoms with Crippen molar-refractivity contribution in [1.82, 2.24) is 10.3 Å². The van der Waals surface area contributed by atoms with Crippen molar-refractivity contribution < 1.29 is 14.3 Å². The smallest absolute Gasteiger partial charge is 0.331 e. The first-order chi connectivity index (χ1) is 8.92. The molecule has 1 heterocycles. The van der Waals surface area contributed by atoms with Crippen molar-refractivity contribution in [1.29, 1.82) is 0 Å². The molecule has 1 aromatic heterocycles. The van der Waals surface area contributed by atoms with Crippen LogP contribution in [-0.4, -0.2) is 29.5 Å². The maximum Gasteiger partial charge on any atom is 0.331 e. The Balaban J connectivity index is 2.87. The van der Waals surface area contributed by atoms with Gasteiger partial charge in [0.25, 0.3) is 5.91 Å². The Hall–Kier alpha value is -1.62. The third kappa shape index (κ3) is 3.92. The Morgan fingerprint density at radius 1 is 1.47 bits per heavy atom. The molecule has 1 N–H and O–H groups in total. The number of halogens is 1. The maximum absolute atomic E-state index is 12.1. The Labute approximate surface area is 117 Å². The van der Waals surface area contributed by atoms with E-state index >= 15 is 0 Å². The molecule has 0 aliphatic heterocycles. The minimum atomic E-state index is -1.04. The number of pyridine rings is 1. The lowest BCUT2D eigenvalue weighted by Crippen LogP contribution is -2.52. The van der Waals surface area contributed by atoms with Gasteiger partial charge < -0.3 is 10.1 Å². The second kappa shape index (κ2) is 6.52. The van der Waals surface area contributed by atoms with Crippen LogP contribution in [0.25, 0.3) is 0 Å². The summed E-state index contributed by atoms with van der Waals surface area (Å²) in [5, 5.41) is 2.99. The molecule has 1 atom stereocenters. The topological polar surface area (TPSA) is 68.3 Å². The Morgan fingerprint density at radius 2 is 2.16 bits per heavy atom. The summed E-state index contributed by atoms with van der Waals surface area (Å²) in [4.78, 5) is 27.7. The Kier molecular flexibility index (Phi) is 5.30. The van der Waals surface area contributed by atoms with Crippen molar-refractivity contribution >= 4 is 23.5 Å². The van der Waals surface area contributed by atoms with E-state index in [1.165, 1.54) is 19.4 Å². The molecule has 0 aliphatic rings. The Bertz CT molecular complexity index is 461. The highest BCUT2D eigenvalue weighted by molar-refractivity contribution is 6.29. The van der Waals surface area contributed by atoms with E-state index in [4.69, 9.17) is 16.3 Å². The minimum Gasteiger partial charge on any atom is -0.467 e. The number of hydrogen-bond donors (Lipinski definition) is 1. The molecule has 0 bridgehead atoms. The number of aromatic nitrogens is 1. The zero-order chi connectivity index (χ0) is 14.5. The van der Waals surface area contributed by atoms with Gasteiger partial charge in [-0.25, -0.2) is 9.78 Å². The summed E-state index contributed by atoms with van der Waals surface area (Å²) in [5.41, 5.74) is -0.698. The van der Waals surface area contributed by atoms with Crippen LogP contribution in [0.5, 0.6) is 0 Å². The van der Waals surface area contributed by atoms with Gasteiger partial charge >= 0.3 is 5.97 Å². The van der Waals surface area contributed by atoms with E-state index in [1.807, 2.05) is 6.92 Å². The fourth-order valence-electron chi connectivity index (χ4n) is 1.77. The molecule has 0 aliphatic carbocycles. The van der Waals surface area contributed by atoms with Crippen LogP contribution in [0.15, 0.2) is 18.3 Å². The number of carbonyl (C=O) groups is 2. The molecule has 0 saturated carbocycles. The van der Waals surface area contributed by atoms with E-state index in [2.05, 4.69) is 10.3 Å². The van der Waals surface area contributed by atoms with Crippen molar-refractivity contribution in [3.63, 3.8) is 0 Å². The molecule has 6 heteroatoms. The number of nitrogens with zero attached hydrogens (tertiary/aromatic N) is 1. The first-order valence-electron chi connectivity index (χ1n) is 5.95. The van der Waals surface area contributed by atoms with Crippen molar-refractivity contribution in [2.24, 2.45) is 0 Å². The molecule has 0 saturated heterocycles. The van der Waals surface area contributed by atoms with Gasteiger partial charge in [-0.15, -0.1) is 0 Å². The highest BCUT2D eigenvalue weighted by atomic mass is 35.5. The third-order valence-electron chi connectivity index (χ3n) is 2.76. The van der Waals surface area contributed by atoms with E-state index in [0.29, 0.717) is 17.1 Å². The predicted octanol–water partition coefficient (Wildman–Crippen LogP) is 2.20. The molecule has 104 valence electrons. The monoisotopic (exact) mass is 284 g/mol. The summed E-state index contributed by atoms with van der Waals surface area (Å²) in [6.45, 7) is 3.57. The van der Waals surface area contributed by atoms with Crippen molar-refractivity contribution in [2.75, 3.05) is 7.11 Å². The minimum absolute atomic E-state index is 0.306. The van der Waals surface area contributed by atoms with Crippen LogP contribution in [0.2, 0.25) is 5.15 Å². The molecular weight excluding hydrogens is 268 g/mol. The summed E-state index contributed by atoms with van der Waals surface area (Å²) in [6, 6.07) is 3.07. The van der Waals surface area contributed by atoms with E-state index in [-0.39, 0.29) is 5.91 Å². The molecule has 19 heavy (non-hydrogen) atoms. The number of ether oxygens (including phenoxy) is 1. The van der Waals surface area contributed by atoms with Gasteiger partial charge in [0.2, 0.25) is 0 Å². The molecule has 5 nitrogen and oxygen atoms in total. The zero-order valence-electron chi connectivity index (χ0n) is 11.2. The molecule has 0 spiro atoms. The molecule has 1 aromatic rings. The maximum atomic E-state index is 12.1. The van der Waals surface area contributed by atoms with Gasteiger partial charge in [0.05, 0.1) is 12.7 Å². The SMILES string of the molecule is CCCC(C)(NC(=O)c1ccc(Cl)nc1)C(=O)OC. The summed E-state index contributed by atoms with van der Waals surface area (Å²) >= 11 is 5.66. The average Bonchev–Trinajstić information content (AvgIpc) is 2.38. The van der Waals surface area contributed by atoms with Gasteiger partial charge in [0.15, 0.2) is 0 Å². The van der Waals surface area contributed by atoms with Crippen LogP contribution in [-0.2, 0) is 9.53 Å². The number of rotatable bonds is 5. The van der Waals surface area contributed by atoms with Crippen LogP contribution >= 0.6 is 11.6 Å². The van der Waals surface area contributed by atoms with Gasteiger partial charge in [-0.1, -0.05) is 24.9 Å². The molecule has 0 fully saturated rings. The molecule has 1 amide bonds. The number of methoxy groups -OCH3 is 1. The summed E-state index contributed by atoms with van der Waals surface area (Å²) < 4.78 is 4.73. The summed E-state index contributed by atoms with van der Waals surface area (Å²) in [7, 11) is 1.30. The van der Waals surface area contributed by atoms with Gasteiger partial charge in [-0.2, -0.15) is 0 Å². The molecule has 1 rings (SSSR count). The van der Waals surface area contributed by atoms with Crippen LogP contribution < -0.4 is 5.32 Å². The number of nitrogens with one attached hydrogen (secondary N) is 1. The van der Waals surface area contributed by atoms with Gasteiger partial charge in [0.1, 0.15) is 10.7 Å². The first kappa shape index (κ1) is 15.4. The van der Waals surface area contributed by atoms with Crippen molar-refractivity contribution in [3.05, 3.63) is 29.0 Å². The van der Waals surface area contributed by atoms with Crippen LogP contribution in [0.3, 0.4) is 0 Å². The van der Waals surface area contributed by atoms with Crippen LogP contribution in [0.1, 0.15) is 37.0 Å². The number of amides is 1. The molecule has 1 unspecified atom stereocenters. The highest BCUT2D eigenvalue weighted by Gasteiger charge is 2.35. The lowest BCUT2D eigenvalue weighted by Gasteiger charge is -2.27. The van der Waals surface area contributed by atoms with E-state index in [9.17, 15) is 9.59 Å². The Morgan fingerprint density at radius 3 is 2.63 bits per heavy atom. The van der Waals surface area contributed by atoms with Gasteiger partial charge in [0, 0.05) is 6.20 Å². The first-order valence-corrected chi connectivity index (χ1v) is 6.33. The van der Waals surface area contributed by atoms with E-state index in [1.54, 1.807) is 13.0 Å². The number of carbonyl (C=O) groups excluding carboxylic acids is 2. The van der Waals surface area contributed by atoms with Crippen molar-refractivity contribution in [3.8, 4) is 0 Å². The fourth-order valence-corrected chi connectivity index (χ4v) is 1.89. The van der Waals surface area contributed by atoms with Crippen LogP contribution in [0, 0.1) is 0 Å². The number of hydrogen-bond acceptors (Lipinski definition) is 4. The van der Waals surface area contributed by atoms with Gasteiger partial charge in [-0.05, 0) is 25.5 Å². The standard InChI is InChI=1S/C13H17ClN2O3/c1-4-7-13(2,12(18)19-3)16-11(17)9-5-6-10(14)15-8-9/h5-6,8H,4,7H2,1-3H3,(H,16,17). The summed E-state index contributed by atoms with van der Waals surface area (Å²) in [6.07, 6.45) is 2.60.